The van der Waals surface area contributed by atoms with E-state index >= 15 is 0 Å². The van der Waals surface area contributed by atoms with Gasteiger partial charge in [0.25, 0.3) is 0 Å². The Balaban J connectivity index is 2.51. The van der Waals surface area contributed by atoms with Crippen molar-refractivity contribution in [2.45, 2.75) is 6.42 Å². The van der Waals surface area contributed by atoms with E-state index in [9.17, 15) is 4.79 Å². The van der Waals surface area contributed by atoms with Gasteiger partial charge in [-0.2, -0.15) is 0 Å². The van der Waals surface area contributed by atoms with Crippen molar-refractivity contribution < 1.29 is 9.90 Å². The first-order chi connectivity index (χ1) is 8.18. The van der Waals surface area contributed by atoms with E-state index in [1.54, 1.807) is 6.20 Å². The van der Waals surface area contributed by atoms with Gasteiger partial charge < -0.3 is 10.8 Å². The zero-order chi connectivity index (χ0) is 12.3. The number of fused-ring (bicyclic) bond motifs is 1. The van der Waals surface area contributed by atoms with Gasteiger partial charge in [-0.05, 0) is 0 Å². The van der Waals surface area contributed by atoms with E-state index in [4.69, 9.17) is 10.8 Å². The molecule has 3 N–H and O–H groups in total. The molecule has 0 fully saturated rings. The molecule has 17 heavy (non-hydrogen) atoms. The minimum absolute atomic E-state index is 0.182. The molecule has 1 heterocycles. The number of benzene rings is 1. The van der Waals surface area contributed by atoms with Crippen LogP contribution in [-0.4, -0.2) is 16.1 Å². The van der Waals surface area contributed by atoms with Crippen molar-refractivity contribution in [1.82, 2.24) is 4.98 Å². The van der Waals surface area contributed by atoms with E-state index in [0.29, 0.717) is 11.4 Å². The van der Waals surface area contributed by atoms with Gasteiger partial charge in [-0.1, -0.05) is 36.1 Å². The van der Waals surface area contributed by atoms with Crippen LogP contribution >= 0.6 is 0 Å². The highest BCUT2D eigenvalue weighted by Gasteiger charge is 2.02. The molecule has 2 aromatic rings. The summed E-state index contributed by atoms with van der Waals surface area (Å²) in [6, 6.07) is 7.50. The molecule has 1 aromatic carbocycles. The second kappa shape index (κ2) is 4.54. The standard InChI is InChI=1S/C13H10N2O2/c14-13-11-6-2-1-5-10(11)9(8-15-13)4-3-7-12(16)17/h1-2,5-6,8H,7H2,(H2,14,15)(H,16,17). The van der Waals surface area contributed by atoms with Gasteiger partial charge in [0.15, 0.2) is 0 Å². The van der Waals surface area contributed by atoms with Crippen molar-refractivity contribution in [3.63, 3.8) is 0 Å². The Hall–Kier alpha value is -2.54. The van der Waals surface area contributed by atoms with Gasteiger partial charge in [-0.3, -0.25) is 4.79 Å². The molecule has 84 valence electrons. The molecule has 0 spiro atoms. The molecule has 2 rings (SSSR count). The predicted octanol–water partition coefficient (Wildman–Crippen LogP) is 1.64. The third kappa shape index (κ3) is 2.34. The van der Waals surface area contributed by atoms with Gasteiger partial charge in [-0.15, -0.1) is 0 Å². The van der Waals surface area contributed by atoms with Crippen LogP contribution in [0.3, 0.4) is 0 Å². The van der Waals surface area contributed by atoms with E-state index in [1.807, 2.05) is 24.3 Å². The SMILES string of the molecule is Nc1ncc(C#CCC(=O)O)c2ccccc12. The highest BCUT2D eigenvalue weighted by Crippen LogP contribution is 2.21. The van der Waals surface area contributed by atoms with Crippen molar-refractivity contribution in [2.75, 3.05) is 5.73 Å². The Labute approximate surface area is 98.1 Å². The minimum atomic E-state index is -0.940. The van der Waals surface area contributed by atoms with Crippen molar-refractivity contribution in [3.8, 4) is 11.8 Å². The number of carbonyl (C=O) groups is 1. The molecule has 0 radical (unpaired) electrons. The lowest BCUT2D eigenvalue weighted by Gasteiger charge is -2.02. The first-order valence-electron chi connectivity index (χ1n) is 5.02. The van der Waals surface area contributed by atoms with Crippen LogP contribution in [0.1, 0.15) is 12.0 Å². The second-order valence-electron chi connectivity index (χ2n) is 3.47. The van der Waals surface area contributed by atoms with Crippen LogP contribution in [0.15, 0.2) is 30.5 Å². The monoisotopic (exact) mass is 226 g/mol. The van der Waals surface area contributed by atoms with Crippen LogP contribution in [0, 0.1) is 11.8 Å². The third-order valence-corrected chi connectivity index (χ3v) is 2.29. The topological polar surface area (TPSA) is 76.2 Å². The molecule has 4 nitrogen and oxygen atoms in total. The van der Waals surface area contributed by atoms with E-state index in [2.05, 4.69) is 16.8 Å². The summed E-state index contributed by atoms with van der Waals surface area (Å²) in [6.07, 6.45) is 1.38. The molecule has 0 atom stereocenters. The van der Waals surface area contributed by atoms with Crippen LogP contribution < -0.4 is 5.73 Å². The summed E-state index contributed by atoms with van der Waals surface area (Å²) in [6.45, 7) is 0. The summed E-state index contributed by atoms with van der Waals surface area (Å²) in [5.74, 6) is 4.89. The summed E-state index contributed by atoms with van der Waals surface area (Å²) >= 11 is 0. The lowest BCUT2D eigenvalue weighted by Crippen LogP contribution is -1.94. The van der Waals surface area contributed by atoms with Gasteiger partial charge in [0.1, 0.15) is 12.2 Å². The predicted molar refractivity (Wildman–Crippen MR) is 65.3 cm³/mol. The highest BCUT2D eigenvalue weighted by atomic mass is 16.4. The number of hydrogen-bond acceptors (Lipinski definition) is 3. The van der Waals surface area contributed by atoms with Crippen molar-refractivity contribution in [1.29, 1.82) is 0 Å². The lowest BCUT2D eigenvalue weighted by atomic mass is 10.1. The Bertz CT molecular complexity index is 639. The third-order valence-electron chi connectivity index (χ3n) is 2.29. The van der Waals surface area contributed by atoms with Gasteiger partial charge >= 0.3 is 5.97 Å². The van der Waals surface area contributed by atoms with Crippen molar-refractivity contribution in [3.05, 3.63) is 36.0 Å². The Kier molecular flexibility index (Phi) is 2.93. The molecule has 1 aromatic heterocycles. The molecule has 0 aliphatic heterocycles. The smallest absolute Gasteiger partial charge is 0.315 e. The largest absolute Gasteiger partial charge is 0.481 e. The zero-order valence-electron chi connectivity index (χ0n) is 8.97. The number of rotatable bonds is 1. The average molecular weight is 226 g/mol. The Morgan fingerprint density at radius 1 is 1.35 bits per heavy atom. The summed E-state index contributed by atoms with van der Waals surface area (Å²) < 4.78 is 0. The minimum Gasteiger partial charge on any atom is -0.481 e. The molecule has 0 aliphatic carbocycles. The number of nitrogen functional groups attached to an aromatic ring is 1. The van der Waals surface area contributed by atoms with E-state index in [0.717, 1.165) is 10.8 Å². The molecular formula is C13H10N2O2. The highest BCUT2D eigenvalue weighted by molar-refractivity contribution is 5.94. The number of nitrogens with two attached hydrogens (primary N) is 1. The number of carboxylic acid groups (broad SMARTS) is 1. The number of carboxylic acids is 1. The Morgan fingerprint density at radius 2 is 2.06 bits per heavy atom. The number of pyridine rings is 1. The number of anilines is 1. The summed E-state index contributed by atoms with van der Waals surface area (Å²) in [7, 11) is 0. The summed E-state index contributed by atoms with van der Waals surface area (Å²) in [4.78, 5) is 14.4. The van der Waals surface area contributed by atoms with Crippen molar-refractivity contribution >= 4 is 22.6 Å². The fourth-order valence-electron chi connectivity index (χ4n) is 1.53. The first kappa shape index (κ1) is 11.0. The van der Waals surface area contributed by atoms with E-state index in [1.165, 1.54) is 0 Å². The van der Waals surface area contributed by atoms with Gasteiger partial charge in [-0.25, -0.2) is 4.98 Å². The second-order valence-corrected chi connectivity index (χ2v) is 3.47. The summed E-state index contributed by atoms with van der Waals surface area (Å²) in [5, 5.41) is 10.2. The number of aliphatic carboxylic acids is 1. The number of aromatic nitrogens is 1. The fraction of sp³-hybridized carbons (Fsp3) is 0.0769. The average Bonchev–Trinajstić information content (AvgIpc) is 2.32. The van der Waals surface area contributed by atoms with Crippen LogP contribution in [0.25, 0.3) is 10.8 Å². The number of hydrogen-bond donors (Lipinski definition) is 2. The molecule has 0 saturated carbocycles. The normalized spacial score (nSPS) is 9.65. The molecular weight excluding hydrogens is 216 g/mol. The first-order valence-corrected chi connectivity index (χ1v) is 5.02. The molecule has 0 bridgehead atoms. The Morgan fingerprint density at radius 3 is 2.76 bits per heavy atom. The maximum absolute atomic E-state index is 10.4. The zero-order valence-corrected chi connectivity index (χ0v) is 8.97. The van der Waals surface area contributed by atoms with Gasteiger partial charge in [0, 0.05) is 17.0 Å². The van der Waals surface area contributed by atoms with Crippen LogP contribution in [0.5, 0.6) is 0 Å². The van der Waals surface area contributed by atoms with Crippen LogP contribution in [0.4, 0.5) is 5.82 Å². The molecule has 0 unspecified atom stereocenters. The maximum atomic E-state index is 10.4. The molecule has 0 amide bonds. The maximum Gasteiger partial charge on any atom is 0.315 e. The lowest BCUT2D eigenvalue weighted by molar-refractivity contribution is -0.135. The van der Waals surface area contributed by atoms with E-state index < -0.39 is 5.97 Å². The van der Waals surface area contributed by atoms with Crippen LogP contribution in [0.2, 0.25) is 0 Å². The molecule has 0 aliphatic rings. The fourth-order valence-corrected chi connectivity index (χ4v) is 1.53. The molecule has 4 heteroatoms. The summed E-state index contributed by atoms with van der Waals surface area (Å²) in [5.41, 5.74) is 6.44. The van der Waals surface area contributed by atoms with Gasteiger partial charge in [0.2, 0.25) is 0 Å². The van der Waals surface area contributed by atoms with E-state index in [-0.39, 0.29) is 6.42 Å². The number of nitrogens with zero attached hydrogens (tertiary/aromatic N) is 1. The van der Waals surface area contributed by atoms with Crippen molar-refractivity contribution in [2.24, 2.45) is 0 Å². The van der Waals surface area contributed by atoms with Gasteiger partial charge in [0.05, 0.1) is 5.56 Å². The van der Waals surface area contributed by atoms with Crippen LogP contribution in [-0.2, 0) is 4.79 Å². The molecule has 0 saturated heterocycles. The quantitative estimate of drug-likeness (QED) is 0.725.